The minimum absolute atomic E-state index is 0.102. The zero-order valence-corrected chi connectivity index (χ0v) is 14.7. The van der Waals surface area contributed by atoms with Crippen molar-refractivity contribution in [2.75, 3.05) is 40.8 Å². The van der Waals surface area contributed by atoms with Gasteiger partial charge in [-0.3, -0.25) is 14.5 Å². The SMILES string of the molecule is CN(CCN1CCCCC1=O)C(=O)[C@H](c1cccc(F)c1)N(C)C. The number of piperidine rings is 1. The van der Waals surface area contributed by atoms with Gasteiger partial charge < -0.3 is 9.80 Å². The minimum Gasteiger partial charge on any atom is -0.342 e. The van der Waals surface area contributed by atoms with Crippen LogP contribution in [0.4, 0.5) is 4.39 Å². The summed E-state index contributed by atoms with van der Waals surface area (Å²) in [7, 11) is 5.33. The molecule has 0 aromatic heterocycles. The lowest BCUT2D eigenvalue weighted by atomic mass is 10.0. The molecule has 1 aromatic rings. The van der Waals surface area contributed by atoms with Crippen molar-refractivity contribution in [2.45, 2.75) is 25.3 Å². The van der Waals surface area contributed by atoms with Gasteiger partial charge in [-0.25, -0.2) is 4.39 Å². The molecule has 0 saturated carbocycles. The van der Waals surface area contributed by atoms with Gasteiger partial charge in [-0.15, -0.1) is 0 Å². The van der Waals surface area contributed by atoms with Crippen LogP contribution in [0.15, 0.2) is 24.3 Å². The summed E-state index contributed by atoms with van der Waals surface area (Å²) < 4.78 is 13.5. The summed E-state index contributed by atoms with van der Waals surface area (Å²) in [4.78, 5) is 29.9. The highest BCUT2D eigenvalue weighted by Gasteiger charge is 2.27. The van der Waals surface area contributed by atoms with Crippen LogP contribution >= 0.6 is 0 Å². The molecule has 5 nitrogen and oxygen atoms in total. The van der Waals surface area contributed by atoms with Crippen molar-refractivity contribution < 1.29 is 14.0 Å². The van der Waals surface area contributed by atoms with Gasteiger partial charge in [-0.05, 0) is 44.6 Å². The third-order valence-electron chi connectivity index (χ3n) is 4.42. The van der Waals surface area contributed by atoms with Crippen LogP contribution in [0.5, 0.6) is 0 Å². The normalized spacial score (nSPS) is 16.4. The first-order valence-corrected chi connectivity index (χ1v) is 8.35. The monoisotopic (exact) mass is 335 g/mol. The van der Waals surface area contributed by atoms with Gasteiger partial charge in [0.05, 0.1) is 0 Å². The molecule has 0 bridgehead atoms. The molecule has 1 atom stereocenters. The van der Waals surface area contributed by atoms with Crippen LogP contribution in [0.3, 0.4) is 0 Å². The maximum absolute atomic E-state index is 13.5. The molecule has 2 rings (SSSR count). The number of benzene rings is 1. The van der Waals surface area contributed by atoms with E-state index in [0.717, 1.165) is 19.4 Å². The van der Waals surface area contributed by atoms with E-state index in [4.69, 9.17) is 0 Å². The van der Waals surface area contributed by atoms with Gasteiger partial charge in [0.25, 0.3) is 0 Å². The molecule has 1 fully saturated rings. The van der Waals surface area contributed by atoms with Gasteiger partial charge in [-0.2, -0.15) is 0 Å². The van der Waals surface area contributed by atoms with E-state index in [1.807, 2.05) is 4.90 Å². The first-order valence-electron chi connectivity index (χ1n) is 8.35. The number of nitrogens with zero attached hydrogens (tertiary/aromatic N) is 3. The fraction of sp³-hybridized carbons (Fsp3) is 0.556. The number of likely N-dealkylation sites (N-methyl/N-ethyl adjacent to an activating group) is 2. The topological polar surface area (TPSA) is 43.9 Å². The Hall–Kier alpha value is -1.95. The number of carbonyl (C=O) groups excluding carboxylic acids is 2. The fourth-order valence-corrected chi connectivity index (χ4v) is 3.03. The van der Waals surface area contributed by atoms with Gasteiger partial charge >= 0.3 is 0 Å². The standard InChI is InChI=1S/C18H26FN3O2/c1-20(2)17(14-7-6-8-15(19)13-14)18(24)21(3)11-12-22-10-5-4-9-16(22)23/h6-8,13,17H,4-5,9-12H2,1-3H3/t17-/m0/s1. The molecule has 0 radical (unpaired) electrons. The highest BCUT2D eigenvalue weighted by molar-refractivity contribution is 5.83. The average molecular weight is 335 g/mol. The minimum atomic E-state index is -0.539. The Morgan fingerprint density at radius 1 is 1.29 bits per heavy atom. The number of carbonyl (C=O) groups is 2. The zero-order chi connectivity index (χ0) is 17.7. The Labute approximate surface area is 143 Å². The van der Waals surface area contributed by atoms with Crippen LogP contribution in [-0.2, 0) is 9.59 Å². The predicted molar refractivity (Wildman–Crippen MR) is 90.9 cm³/mol. The van der Waals surface area contributed by atoms with Crippen molar-refractivity contribution in [1.29, 1.82) is 0 Å². The van der Waals surface area contributed by atoms with Crippen molar-refractivity contribution in [3.63, 3.8) is 0 Å². The molecular weight excluding hydrogens is 309 g/mol. The lowest BCUT2D eigenvalue weighted by Gasteiger charge is -2.32. The number of amides is 2. The van der Waals surface area contributed by atoms with Crippen molar-refractivity contribution in [3.8, 4) is 0 Å². The van der Waals surface area contributed by atoms with Gasteiger partial charge in [0.1, 0.15) is 11.9 Å². The smallest absolute Gasteiger partial charge is 0.244 e. The Balaban J connectivity index is 2.02. The van der Waals surface area contributed by atoms with E-state index >= 15 is 0 Å². The van der Waals surface area contributed by atoms with Crippen molar-refractivity contribution in [1.82, 2.24) is 14.7 Å². The van der Waals surface area contributed by atoms with Crippen molar-refractivity contribution in [2.24, 2.45) is 0 Å². The molecular formula is C18H26FN3O2. The van der Waals surface area contributed by atoms with Crippen LogP contribution in [0.25, 0.3) is 0 Å². The molecule has 1 aliphatic rings. The quantitative estimate of drug-likeness (QED) is 0.797. The van der Waals surface area contributed by atoms with Gasteiger partial charge in [0, 0.05) is 33.1 Å². The molecule has 1 aliphatic heterocycles. The van der Waals surface area contributed by atoms with Gasteiger partial charge in [0.15, 0.2) is 0 Å². The molecule has 1 heterocycles. The van der Waals surface area contributed by atoms with E-state index in [9.17, 15) is 14.0 Å². The van der Waals surface area contributed by atoms with Crippen LogP contribution in [-0.4, -0.2) is 67.3 Å². The van der Waals surface area contributed by atoms with Crippen molar-refractivity contribution in [3.05, 3.63) is 35.6 Å². The molecule has 1 saturated heterocycles. The third-order valence-corrected chi connectivity index (χ3v) is 4.42. The molecule has 0 aliphatic carbocycles. The zero-order valence-electron chi connectivity index (χ0n) is 14.7. The van der Waals surface area contributed by atoms with E-state index in [2.05, 4.69) is 0 Å². The molecule has 132 valence electrons. The summed E-state index contributed by atoms with van der Waals surface area (Å²) in [5.41, 5.74) is 0.630. The summed E-state index contributed by atoms with van der Waals surface area (Å²) in [6.45, 7) is 1.79. The van der Waals surface area contributed by atoms with Crippen LogP contribution in [0.1, 0.15) is 30.9 Å². The summed E-state index contributed by atoms with van der Waals surface area (Å²) in [5, 5.41) is 0. The summed E-state index contributed by atoms with van der Waals surface area (Å²) in [5.74, 6) is -0.292. The Morgan fingerprint density at radius 3 is 2.67 bits per heavy atom. The number of rotatable bonds is 6. The van der Waals surface area contributed by atoms with E-state index < -0.39 is 6.04 Å². The van der Waals surface area contributed by atoms with E-state index in [0.29, 0.717) is 25.1 Å². The predicted octanol–water partition coefficient (Wildman–Crippen LogP) is 1.90. The molecule has 0 N–H and O–H groups in total. The molecule has 1 aromatic carbocycles. The average Bonchev–Trinajstić information content (AvgIpc) is 2.53. The molecule has 24 heavy (non-hydrogen) atoms. The van der Waals surface area contributed by atoms with Gasteiger partial charge in [-0.1, -0.05) is 12.1 Å². The molecule has 2 amide bonds. The third kappa shape index (κ3) is 4.54. The van der Waals surface area contributed by atoms with E-state index in [1.54, 1.807) is 43.1 Å². The molecule has 0 spiro atoms. The number of halogens is 1. The highest BCUT2D eigenvalue weighted by atomic mass is 19.1. The second-order valence-electron chi connectivity index (χ2n) is 6.52. The summed E-state index contributed by atoms with van der Waals surface area (Å²) >= 11 is 0. The second-order valence-corrected chi connectivity index (χ2v) is 6.52. The van der Waals surface area contributed by atoms with Crippen LogP contribution in [0, 0.1) is 5.82 Å². The lowest BCUT2D eigenvalue weighted by Crippen LogP contribution is -2.44. The number of likely N-dealkylation sites (tertiary alicyclic amines) is 1. The maximum Gasteiger partial charge on any atom is 0.244 e. The molecule has 0 unspecified atom stereocenters. The maximum atomic E-state index is 13.5. The van der Waals surface area contributed by atoms with Gasteiger partial charge in [0.2, 0.25) is 11.8 Å². The second kappa shape index (κ2) is 8.24. The largest absolute Gasteiger partial charge is 0.342 e. The lowest BCUT2D eigenvalue weighted by molar-refractivity contribution is -0.138. The first-order chi connectivity index (χ1) is 11.4. The summed E-state index contributed by atoms with van der Waals surface area (Å²) in [6.07, 6.45) is 2.57. The fourth-order valence-electron chi connectivity index (χ4n) is 3.03. The summed E-state index contributed by atoms with van der Waals surface area (Å²) in [6, 6.07) is 5.59. The van der Waals surface area contributed by atoms with E-state index in [1.165, 1.54) is 12.1 Å². The van der Waals surface area contributed by atoms with Crippen LogP contribution in [0.2, 0.25) is 0 Å². The molecule has 6 heteroatoms. The first kappa shape index (κ1) is 18.4. The van der Waals surface area contributed by atoms with Crippen molar-refractivity contribution >= 4 is 11.8 Å². The number of hydrogen-bond acceptors (Lipinski definition) is 3. The highest BCUT2D eigenvalue weighted by Crippen LogP contribution is 2.21. The number of hydrogen-bond donors (Lipinski definition) is 0. The Morgan fingerprint density at radius 2 is 2.04 bits per heavy atom. The Kier molecular flexibility index (Phi) is 6.31. The van der Waals surface area contributed by atoms with E-state index in [-0.39, 0.29) is 17.6 Å². The Bertz CT molecular complexity index is 591. The van der Waals surface area contributed by atoms with Crippen LogP contribution < -0.4 is 0 Å².